The molecule has 0 unspecified atom stereocenters. The number of thioether (sulfide) groups is 1. The van der Waals surface area contributed by atoms with Gasteiger partial charge in [-0.2, -0.15) is 0 Å². The summed E-state index contributed by atoms with van der Waals surface area (Å²) in [7, 11) is 1.77. The molecule has 40 valence electrons. The molecule has 0 bridgehead atoms. The molecule has 0 aliphatic rings. The van der Waals surface area contributed by atoms with E-state index in [1.54, 1.807) is 24.2 Å². The fourth-order valence-corrected chi connectivity index (χ4v) is 0.520. The summed E-state index contributed by atoms with van der Waals surface area (Å²) in [6.45, 7) is 5.48. The topological polar surface area (TPSA) is 12.4 Å². The molecule has 0 N–H and O–H groups in total. The summed E-state index contributed by atoms with van der Waals surface area (Å²) in [5, 5.41) is 2.82. The molecule has 0 atom stereocenters. The van der Waals surface area contributed by atoms with E-state index >= 15 is 0 Å². The van der Waals surface area contributed by atoms with Crippen molar-refractivity contribution in [2.24, 2.45) is 4.99 Å². The van der Waals surface area contributed by atoms with Gasteiger partial charge in [-0.1, -0.05) is 18.3 Å². The molecule has 0 saturated carbocycles. The number of aliphatic imine (C=N–C) groups is 1. The first-order valence-electron chi connectivity index (χ1n) is 2.02. The van der Waals surface area contributed by atoms with Crippen LogP contribution in [0.5, 0.6) is 0 Å². The van der Waals surface area contributed by atoms with Crippen LogP contribution in [-0.2, 0) is 0 Å². The van der Waals surface area contributed by atoms with Gasteiger partial charge in [0.2, 0.25) is 0 Å². The van der Waals surface area contributed by atoms with Crippen molar-refractivity contribution in [1.82, 2.24) is 0 Å². The highest BCUT2D eigenvalue weighted by Crippen LogP contribution is 2.01. The van der Waals surface area contributed by atoms with Crippen LogP contribution in [0.25, 0.3) is 0 Å². The van der Waals surface area contributed by atoms with E-state index in [-0.39, 0.29) is 0 Å². The van der Waals surface area contributed by atoms with Crippen molar-refractivity contribution in [3.63, 3.8) is 0 Å². The van der Waals surface area contributed by atoms with Crippen LogP contribution in [0.1, 0.15) is 6.92 Å². The highest BCUT2D eigenvalue weighted by molar-refractivity contribution is 8.16. The van der Waals surface area contributed by atoms with Gasteiger partial charge in [-0.15, -0.1) is 0 Å². The van der Waals surface area contributed by atoms with Crippen LogP contribution in [0.3, 0.4) is 0 Å². The van der Waals surface area contributed by atoms with Crippen molar-refractivity contribution in [3.8, 4) is 0 Å². The van der Waals surface area contributed by atoms with E-state index in [9.17, 15) is 0 Å². The van der Waals surface area contributed by atoms with Gasteiger partial charge in [-0.05, 0) is 12.3 Å². The lowest BCUT2D eigenvalue weighted by Crippen LogP contribution is -1.75. The van der Waals surface area contributed by atoms with Gasteiger partial charge < -0.3 is 0 Å². The maximum absolute atomic E-state index is 3.89. The Balaban J connectivity index is 3.36. The second kappa shape index (κ2) is 3.93. The minimum absolute atomic E-state index is 1.05. The van der Waals surface area contributed by atoms with Gasteiger partial charge in [-0.3, -0.25) is 4.99 Å². The van der Waals surface area contributed by atoms with E-state index in [2.05, 4.69) is 11.6 Å². The molecule has 0 aliphatic carbocycles. The largest absolute Gasteiger partial charge is 0.286 e. The molecule has 0 aromatic rings. The molecule has 0 fully saturated rings. The van der Waals surface area contributed by atoms with E-state index in [1.165, 1.54) is 0 Å². The molecule has 0 rings (SSSR count). The third-order valence-electron chi connectivity index (χ3n) is 0.569. The second-order valence-electron chi connectivity index (χ2n) is 1.03. The highest BCUT2D eigenvalue weighted by Gasteiger charge is 1.78. The monoisotopic (exact) mass is 115 g/mol. The molecule has 0 aromatic heterocycles. The van der Waals surface area contributed by atoms with E-state index in [4.69, 9.17) is 0 Å². The molecule has 0 aromatic carbocycles. The van der Waals surface area contributed by atoms with Gasteiger partial charge in [0.05, 0.1) is 5.04 Å². The summed E-state index contributed by atoms with van der Waals surface area (Å²) in [4.78, 5) is 3.89. The Morgan fingerprint density at radius 3 is 2.57 bits per heavy atom. The van der Waals surface area contributed by atoms with Gasteiger partial charge in [0.15, 0.2) is 0 Å². The fourth-order valence-electron chi connectivity index (χ4n) is 0.173. The van der Waals surface area contributed by atoms with Crippen LogP contribution in [0.4, 0.5) is 0 Å². The van der Waals surface area contributed by atoms with Crippen molar-refractivity contribution in [2.75, 3.05) is 7.05 Å². The van der Waals surface area contributed by atoms with Crippen molar-refractivity contribution in [1.29, 1.82) is 0 Å². The van der Waals surface area contributed by atoms with Crippen molar-refractivity contribution in [3.05, 3.63) is 12.0 Å². The lowest BCUT2D eigenvalue weighted by atomic mass is 10.9. The van der Waals surface area contributed by atoms with E-state index in [0.717, 1.165) is 5.04 Å². The van der Waals surface area contributed by atoms with E-state index in [1.807, 2.05) is 6.92 Å². The Hall–Kier alpha value is -0.240. The Kier molecular flexibility index (Phi) is 3.80. The lowest BCUT2D eigenvalue weighted by Gasteiger charge is -1.85. The Bertz CT molecular complexity index is 86.1. The maximum atomic E-state index is 3.89. The van der Waals surface area contributed by atoms with Crippen molar-refractivity contribution < 1.29 is 0 Å². The summed E-state index contributed by atoms with van der Waals surface area (Å²) in [6.07, 6.45) is 0. The van der Waals surface area contributed by atoms with Crippen LogP contribution in [0, 0.1) is 0 Å². The number of hydrogen-bond donors (Lipinski definition) is 0. The first-order chi connectivity index (χ1) is 3.31. The minimum Gasteiger partial charge on any atom is -0.286 e. The Morgan fingerprint density at radius 1 is 1.86 bits per heavy atom. The molecule has 0 saturated heterocycles. The zero-order valence-corrected chi connectivity index (χ0v) is 5.46. The number of nitrogens with zero attached hydrogens (tertiary/aromatic N) is 1. The third-order valence-corrected chi connectivity index (χ3v) is 1.26. The summed E-state index contributed by atoms with van der Waals surface area (Å²) < 4.78 is 0. The predicted octanol–water partition coefficient (Wildman–Crippen LogP) is 1.91. The van der Waals surface area contributed by atoms with Crippen LogP contribution in [0.15, 0.2) is 17.0 Å². The average Bonchev–Trinajstić information content (AvgIpc) is 1.68. The van der Waals surface area contributed by atoms with Gasteiger partial charge in [0, 0.05) is 7.05 Å². The maximum Gasteiger partial charge on any atom is 0.0683 e. The second-order valence-corrected chi connectivity index (χ2v) is 2.19. The van der Waals surface area contributed by atoms with Crippen molar-refractivity contribution in [2.45, 2.75) is 6.92 Å². The summed E-state index contributed by atoms with van der Waals surface area (Å²) in [6, 6.07) is 0. The molecule has 0 heterocycles. The molecular formula is C5H9NS. The summed E-state index contributed by atoms with van der Waals surface area (Å²) in [5.41, 5.74) is 0. The van der Waals surface area contributed by atoms with Crippen LogP contribution >= 0.6 is 11.8 Å². The third kappa shape index (κ3) is 3.59. The zero-order chi connectivity index (χ0) is 5.70. The first-order valence-corrected chi connectivity index (χ1v) is 2.90. The Labute approximate surface area is 48.5 Å². The van der Waals surface area contributed by atoms with Gasteiger partial charge in [0.1, 0.15) is 0 Å². The highest BCUT2D eigenvalue weighted by atomic mass is 32.2. The predicted molar refractivity (Wildman–Crippen MR) is 36.8 cm³/mol. The first kappa shape index (κ1) is 6.76. The number of hydrogen-bond acceptors (Lipinski definition) is 2. The molecule has 7 heavy (non-hydrogen) atoms. The summed E-state index contributed by atoms with van der Waals surface area (Å²) >= 11 is 1.55. The quantitative estimate of drug-likeness (QED) is 0.375. The normalized spacial score (nSPS) is 11.4. The zero-order valence-electron chi connectivity index (χ0n) is 4.64. The smallest absolute Gasteiger partial charge is 0.0683 e. The van der Waals surface area contributed by atoms with Crippen LogP contribution in [0.2, 0.25) is 0 Å². The fraction of sp³-hybridized carbons (Fsp3) is 0.400. The number of rotatable bonds is 1. The van der Waals surface area contributed by atoms with Gasteiger partial charge in [0.25, 0.3) is 0 Å². The lowest BCUT2D eigenvalue weighted by molar-refractivity contribution is 1.45. The minimum atomic E-state index is 1.05. The molecule has 0 radical (unpaired) electrons. The van der Waals surface area contributed by atoms with E-state index < -0.39 is 0 Å². The summed E-state index contributed by atoms with van der Waals surface area (Å²) in [5.74, 6) is 0. The average molecular weight is 115 g/mol. The molecule has 0 spiro atoms. The molecular weight excluding hydrogens is 106 g/mol. The standard InChI is InChI=1S/C5H9NS/c1-4-7-5(2)6-3/h4H,1H2,2-3H3/b6-5-. The van der Waals surface area contributed by atoms with Crippen LogP contribution < -0.4 is 0 Å². The molecule has 0 aliphatic heterocycles. The van der Waals surface area contributed by atoms with E-state index in [0.29, 0.717) is 0 Å². The molecule has 0 amide bonds. The van der Waals surface area contributed by atoms with Crippen LogP contribution in [-0.4, -0.2) is 12.1 Å². The molecule has 1 nitrogen and oxygen atoms in total. The SMILES string of the molecule is C=CS/C(C)=N\C. The van der Waals surface area contributed by atoms with Crippen molar-refractivity contribution >= 4 is 16.8 Å². The molecule has 2 heteroatoms. The van der Waals surface area contributed by atoms with Gasteiger partial charge in [-0.25, -0.2) is 0 Å². The van der Waals surface area contributed by atoms with Gasteiger partial charge >= 0.3 is 0 Å². The Morgan fingerprint density at radius 2 is 2.43 bits per heavy atom.